The molecule has 0 aliphatic carbocycles. The van der Waals surface area contributed by atoms with Crippen LogP contribution in [0.1, 0.15) is 40.0 Å². The second kappa shape index (κ2) is 7.26. The Bertz CT molecular complexity index is 245. The van der Waals surface area contributed by atoms with E-state index in [2.05, 4.69) is 24.0 Å². The molecule has 0 aromatic heterocycles. The van der Waals surface area contributed by atoms with Crippen LogP contribution in [0.25, 0.3) is 0 Å². The number of hydrogen-bond donors (Lipinski definition) is 0. The smallest absolute Gasteiger partial charge is 0.0865 e. The first kappa shape index (κ1) is 13.9. The van der Waals surface area contributed by atoms with Crippen LogP contribution in [0.2, 0.25) is 0 Å². The Hall–Kier alpha value is -1.06. The van der Waals surface area contributed by atoms with Crippen LogP contribution in [0.3, 0.4) is 0 Å². The standard InChI is InChI=1S/C12H21N3/c1-4-15(10-8-13)9-6-5-7-12(2,3)11-14/h4-7,9-10H2,1-3H3. The highest BCUT2D eigenvalue weighted by atomic mass is 15.1. The van der Waals surface area contributed by atoms with Gasteiger partial charge in [-0.1, -0.05) is 13.3 Å². The molecule has 0 heterocycles. The Morgan fingerprint density at radius 3 is 2.33 bits per heavy atom. The lowest BCUT2D eigenvalue weighted by atomic mass is 9.89. The number of nitriles is 2. The van der Waals surface area contributed by atoms with E-state index in [0.29, 0.717) is 6.54 Å². The van der Waals surface area contributed by atoms with Gasteiger partial charge in [0.05, 0.1) is 24.1 Å². The first-order chi connectivity index (χ1) is 7.05. The summed E-state index contributed by atoms with van der Waals surface area (Å²) in [5.74, 6) is 0. The molecular formula is C12H21N3. The maximum Gasteiger partial charge on any atom is 0.0865 e. The summed E-state index contributed by atoms with van der Waals surface area (Å²) in [5.41, 5.74) is -0.202. The molecule has 0 aromatic carbocycles. The molecule has 3 heteroatoms. The second-order valence-corrected chi connectivity index (χ2v) is 4.48. The lowest BCUT2D eigenvalue weighted by Gasteiger charge is -2.18. The van der Waals surface area contributed by atoms with Crippen molar-refractivity contribution in [2.24, 2.45) is 5.41 Å². The molecule has 15 heavy (non-hydrogen) atoms. The number of unbranched alkanes of at least 4 members (excludes halogenated alkanes) is 1. The molecule has 0 amide bonds. The van der Waals surface area contributed by atoms with E-state index in [0.717, 1.165) is 32.4 Å². The number of hydrogen-bond acceptors (Lipinski definition) is 3. The molecule has 0 bridgehead atoms. The highest BCUT2D eigenvalue weighted by Crippen LogP contribution is 2.21. The van der Waals surface area contributed by atoms with Crippen molar-refractivity contribution in [2.45, 2.75) is 40.0 Å². The van der Waals surface area contributed by atoms with Crippen molar-refractivity contribution in [1.82, 2.24) is 4.90 Å². The highest BCUT2D eigenvalue weighted by Gasteiger charge is 2.15. The zero-order valence-electron chi connectivity index (χ0n) is 10.1. The zero-order valence-corrected chi connectivity index (χ0v) is 10.1. The van der Waals surface area contributed by atoms with E-state index >= 15 is 0 Å². The third-order valence-corrected chi connectivity index (χ3v) is 2.57. The van der Waals surface area contributed by atoms with E-state index in [9.17, 15) is 0 Å². The van der Waals surface area contributed by atoms with Crippen LogP contribution < -0.4 is 0 Å². The van der Waals surface area contributed by atoms with Crippen LogP contribution in [0.5, 0.6) is 0 Å². The Balaban J connectivity index is 3.63. The van der Waals surface area contributed by atoms with Gasteiger partial charge in [0.25, 0.3) is 0 Å². The fraction of sp³-hybridized carbons (Fsp3) is 0.833. The second-order valence-electron chi connectivity index (χ2n) is 4.48. The molecule has 0 unspecified atom stereocenters. The average Bonchev–Trinajstić information content (AvgIpc) is 2.22. The van der Waals surface area contributed by atoms with Crippen molar-refractivity contribution in [3.05, 3.63) is 0 Å². The zero-order chi connectivity index (χ0) is 11.7. The first-order valence-electron chi connectivity index (χ1n) is 5.56. The van der Waals surface area contributed by atoms with Gasteiger partial charge in [0.1, 0.15) is 0 Å². The van der Waals surface area contributed by atoms with Gasteiger partial charge in [0.2, 0.25) is 0 Å². The molecule has 0 rings (SSSR count). The quantitative estimate of drug-likeness (QED) is 0.476. The molecule has 3 nitrogen and oxygen atoms in total. The summed E-state index contributed by atoms with van der Waals surface area (Å²) in [7, 11) is 0. The number of nitrogens with zero attached hydrogens (tertiary/aromatic N) is 3. The van der Waals surface area contributed by atoms with Gasteiger partial charge in [-0.05, 0) is 39.8 Å². The summed E-state index contributed by atoms with van der Waals surface area (Å²) < 4.78 is 0. The van der Waals surface area contributed by atoms with Crippen molar-refractivity contribution in [3.8, 4) is 12.1 Å². The molecule has 0 radical (unpaired) electrons. The molecule has 0 saturated carbocycles. The van der Waals surface area contributed by atoms with Crippen LogP contribution in [0.15, 0.2) is 0 Å². The van der Waals surface area contributed by atoms with Gasteiger partial charge in [0.15, 0.2) is 0 Å². The fourth-order valence-electron chi connectivity index (χ4n) is 1.41. The molecule has 0 atom stereocenters. The largest absolute Gasteiger partial charge is 0.291 e. The minimum atomic E-state index is -0.202. The molecule has 0 aromatic rings. The van der Waals surface area contributed by atoms with Crippen molar-refractivity contribution in [3.63, 3.8) is 0 Å². The summed E-state index contributed by atoms with van der Waals surface area (Å²) in [5, 5.41) is 17.4. The van der Waals surface area contributed by atoms with E-state index in [1.165, 1.54) is 0 Å². The predicted octanol–water partition coefficient (Wildman–Crippen LogP) is 2.55. The van der Waals surface area contributed by atoms with Gasteiger partial charge in [-0.15, -0.1) is 0 Å². The maximum absolute atomic E-state index is 8.83. The molecular weight excluding hydrogens is 186 g/mol. The lowest BCUT2D eigenvalue weighted by molar-refractivity contribution is 0.304. The Morgan fingerprint density at radius 2 is 1.87 bits per heavy atom. The SMILES string of the molecule is CCN(CC#N)CCCCC(C)(C)C#N. The molecule has 0 saturated heterocycles. The maximum atomic E-state index is 8.83. The predicted molar refractivity (Wildman–Crippen MR) is 61.0 cm³/mol. The summed E-state index contributed by atoms with van der Waals surface area (Å²) in [4.78, 5) is 2.12. The lowest BCUT2D eigenvalue weighted by Crippen LogP contribution is -2.25. The minimum absolute atomic E-state index is 0.202. The number of rotatable bonds is 7. The summed E-state index contributed by atoms with van der Waals surface area (Å²) in [6, 6.07) is 4.46. The van der Waals surface area contributed by atoms with E-state index < -0.39 is 0 Å². The van der Waals surface area contributed by atoms with Gasteiger partial charge in [0, 0.05) is 0 Å². The van der Waals surface area contributed by atoms with E-state index in [4.69, 9.17) is 10.5 Å². The molecule has 0 aliphatic heterocycles. The summed E-state index contributed by atoms with van der Waals surface area (Å²) in [6.07, 6.45) is 3.07. The van der Waals surface area contributed by atoms with Gasteiger partial charge < -0.3 is 0 Å². The van der Waals surface area contributed by atoms with E-state index in [1.807, 2.05) is 13.8 Å². The van der Waals surface area contributed by atoms with Crippen LogP contribution in [0, 0.1) is 28.1 Å². The third-order valence-electron chi connectivity index (χ3n) is 2.57. The van der Waals surface area contributed by atoms with Gasteiger partial charge >= 0.3 is 0 Å². The Morgan fingerprint density at radius 1 is 1.20 bits per heavy atom. The fourth-order valence-corrected chi connectivity index (χ4v) is 1.41. The van der Waals surface area contributed by atoms with Crippen LogP contribution >= 0.6 is 0 Å². The average molecular weight is 207 g/mol. The van der Waals surface area contributed by atoms with E-state index in [1.54, 1.807) is 0 Å². The first-order valence-corrected chi connectivity index (χ1v) is 5.56. The van der Waals surface area contributed by atoms with Gasteiger partial charge in [-0.3, -0.25) is 4.90 Å². The molecule has 0 N–H and O–H groups in total. The van der Waals surface area contributed by atoms with Crippen LogP contribution in [0.4, 0.5) is 0 Å². The molecule has 0 spiro atoms. The summed E-state index contributed by atoms with van der Waals surface area (Å²) in [6.45, 7) is 8.41. The van der Waals surface area contributed by atoms with E-state index in [-0.39, 0.29) is 5.41 Å². The van der Waals surface area contributed by atoms with Gasteiger partial charge in [-0.25, -0.2) is 0 Å². The van der Waals surface area contributed by atoms with Crippen LogP contribution in [-0.4, -0.2) is 24.5 Å². The van der Waals surface area contributed by atoms with Crippen LogP contribution in [-0.2, 0) is 0 Å². The Labute approximate surface area is 93.3 Å². The van der Waals surface area contributed by atoms with Gasteiger partial charge in [-0.2, -0.15) is 10.5 Å². The minimum Gasteiger partial charge on any atom is -0.291 e. The van der Waals surface area contributed by atoms with Crippen molar-refractivity contribution in [1.29, 1.82) is 10.5 Å². The topological polar surface area (TPSA) is 50.8 Å². The third kappa shape index (κ3) is 6.94. The molecule has 84 valence electrons. The Kier molecular flexibility index (Phi) is 6.75. The summed E-state index contributed by atoms with van der Waals surface area (Å²) >= 11 is 0. The molecule has 0 fully saturated rings. The highest BCUT2D eigenvalue weighted by molar-refractivity contribution is 4.91. The molecule has 0 aliphatic rings. The normalized spacial score (nSPS) is 11.1. The monoisotopic (exact) mass is 207 g/mol. The van der Waals surface area contributed by atoms with Crippen molar-refractivity contribution < 1.29 is 0 Å². The van der Waals surface area contributed by atoms with Crippen molar-refractivity contribution in [2.75, 3.05) is 19.6 Å². The van der Waals surface area contributed by atoms with Crippen molar-refractivity contribution >= 4 is 0 Å².